The number of rotatable bonds is 4. The molecule has 1 unspecified atom stereocenters. The van der Waals surface area contributed by atoms with Crippen molar-refractivity contribution in [3.8, 4) is 0 Å². The van der Waals surface area contributed by atoms with Gasteiger partial charge in [-0.3, -0.25) is 0 Å². The summed E-state index contributed by atoms with van der Waals surface area (Å²) in [5.41, 5.74) is 2.31. The second-order valence-electron chi connectivity index (χ2n) is 5.49. The molecule has 15 heavy (non-hydrogen) atoms. The summed E-state index contributed by atoms with van der Waals surface area (Å²) in [7, 11) is 0. The first-order valence-corrected chi connectivity index (χ1v) is 5.94. The molecule has 0 radical (unpaired) electrons. The Balaban J connectivity index is 2.38. The van der Waals surface area contributed by atoms with E-state index in [-0.39, 0.29) is 0 Å². The largest absolute Gasteiger partial charge is 0.390 e. The first kappa shape index (κ1) is 12.5. The topological polar surface area (TPSA) is 20.2 Å². The van der Waals surface area contributed by atoms with E-state index in [4.69, 9.17) is 0 Å². The lowest BCUT2D eigenvalue weighted by Gasteiger charge is -2.24. The molecular weight excluding hydrogens is 184 g/mol. The van der Waals surface area contributed by atoms with E-state index in [1.54, 1.807) is 0 Å². The minimum Gasteiger partial charge on any atom is -0.390 e. The Morgan fingerprint density at radius 3 is 2.67 bits per heavy atom. The number of aliphatic hydroxyl groups is 1. The molecule has 0 saturated carbocycles. The third-order valence-electron chi connectivity index (χ3n) is 3.26. The van der Waals surface area contributed by atoms with Crippen LogP contribution in [-0.4, -0.2) is 10.7 Å². The molecule has 0 heterocycles. The van der Waals surface area contributed by atoms with Gasteiger partial charge in [-0.2, -0.15) is 0 Å². The Kier molecular flexibility index (Phi) is 4.15. The van der Waals surface area contributed by atoms with Gasteiger partial charge in [-0.15, -0.1) is 0 Å². The summed E-state index contributed by atoms with van der Waals surface area (Å²) in [5.74, 6) is 0.691. The van der Waals surface area contributed by atoms with Crippen molar-refractivity contribution in [1.29, 1.82) is 0 Å². The maximum absolute atomic E-state index is 9.65. The molecule has 1 rings (SSSR count). The van der Waals surface area contributed by atoms with Crippen molar-refractivity contribution in [2.45, 2.75) is 58.5 Å². The second-order valence-corrected chi connectivity index (χ2v) is 5.49. The average molecular weight is 208 g/mol. The third-order valence-corrected chi connectivity index (χ3v) is 3.26. The minimum absolute atomic E-state index is 0.522. The summed E-state index contributed by atoms with van der Waals surface area (Å²) >= 11 is 0. The van der Waals surface area contributed by atoms with E-state index >= 15 is 0 Å². The fourth-order valence-corrected chi connectivity index (χ4v) is 2.03. The van der Waals surface area contributed by atoms with Crippen LogP contribution in [0.25, 0.3) is 0 Å². The SMILES string of the molecule is C=C(C)C1CC=C(CCC(C)(C)O)CC1. The van der Waals surface area contributed by atoms with Gasteiger partial charge in [0.15, 0.2) is 0 Å². The Hall–Kier alpha value is -0.560. The number of hydrogen-bond donors (Lipinski definition) is 1. The molecule has 1 aliphatic rings. The Morgan fingerprint density at radius 2 is 2.27 bits per heavy atom. The summed E-state index contributed by atoms with van der Waals surface area (Å²) in [6.45, 7) is 9.91. The minimum atomic E-state index is -0.522. The van der Waals surface area contributed by atoms with Gasteiger partial charge in [0.25, 0.3) is 0 Å². The molecule has 0 amide bonds. The van der Waals surface area contributed by atoms with Gasteiger partial charge in [-0.1, -0.05) is 23.8 Å². The quantitative estimate of drug-likeness (QED) is 0.696. The number of allylic oxidation sites excluding steroid dienone is 3. The van der Waals surface area contributed by atoms with Crippen molar-refractivity contribution in [3.05, 3.63) is 23.8 Å². The molecule has 1 N–H and O–H groups in total. The summed E-state index contributed by atoms with van der Waals surface area (Å²) in [6.07, 6.45) is 7.86. The molecule has 0 saturated heterocycles. The molecule has 1 nitrogen and oxygen atoms in total. The van der Waals surface area contributed by atoms with Crippen LogP contribution in [0.2, 0.25) is 0 Å². The van der Waals surface area contributed by atoms with Gasteiger partial charge in [0.2, 0.25) is 0 Å². The Morgan fingerprint density at radius 1 is 1.60 bits per heavy atom. The van der Waals surface area contributed by atoms with Crippen LogP contribution in [0.5, 0.6) is 0 Å². The molecule has 0 spiro atoms. The van der Waals surface area contributed by atoms with Crippen LogP contribution in [-0.2, 0) is 0 Å². The highest BCUT2D eigenvalue weighted by Crippen LogP contribution is 2.31. The smallest absolute Gasteiger partial charge is 0.0594 e. The monoisotopic (exact) mass is 208 g/mol. The molecule has 0 aromatic carbocycles. The average Bonchev–Trinajstić information content (AvgIpc) is 2.14. The van der Waals surface area contributed by atoms with E-state index in [0.29, 0.717) is 5.92 Å². The van der Waals surface area contributed by atoms with Gasteiger partial charge < -0.3 is 5.11 Å². The Labute approximate surface area is 93.9 Å². The highest BCUT2D eigenvalue weighted by Gasteiger charge is 2.17. The highest BCUT2D eigenvalue weighted by molar-refractivity contribution is 5.12. The van der Waals surface area contributed by atoms with E-state index in [0.717, 1.165) is 19.3 Å². The van der Waals surface area contributed by atoms with Gasteiger partial charge in [0, 0.05) is 0 Å². The Bertz CT molecular complexity index is 255. The van der Waals surface area contributed by atoms with Gasteiger partial charge in [0.05, 0.1) is 5.60 Å². The van der Waals surface area contributed by atoms with E-state index in [2.05, 4.69) is 19.6 Å². The first-order valence-electron chi connectivity index (χ1n) is 5.94. The summed E-state index contributed by atoms with van der Waals surface area (Å²) < 4.78 is 0. The standard InChI is InChI=1S/C14H24O/c1-11(2)13-7-5-12(6-8-13)9-10-14(3,4)15/h5,13,15H,1,6-10H2,2-4H3. The van der Waals surface area contributed by atoms with Crippen molar-refractivity contribution in [2.75, 3.05) is 0 Å². The molecule has 1 atom stereocenters. The van der Waals surface area contributed by atoms with Crippen molar-refractivity contribution in [1.82, 2.24) is 0 Å². The normalized spacial score (nSPS) is 22.4. The van der Waals surface area contributed by atoms with E-state index in [1.807, 2.05) is 13.8 Å². The molecule has 1 aliphatic carbocycles. The van der Waals surface area contributed by atoms with Crippen LogP contribution < -0.4 is 0 Å². The summed E-state index contributed by atoms with van der Waals surface area (Å²) in [6, 6.07) is 0. The predicted octanol–water partition coefficient (Wildman–Crippen LogP) is 3.84. The van der Waals surface area contributed by atoms with Gasteiger partial charge in [-0.05, 0) is 58.8 Å². The zero-order valence-electron chi connectivity index (χ0n) is 10.3. The third kappa shape index (κ3) is 4.65. The van der Waals surface area contributed by atoms with Crippen LogP contribution in [0.3, 0.4) is 0 Å². The molecule has 86 valence electrons. The maximum Gasteiger partial charge on any atom is 0.0594 e. The van der Waals surface area contributed by atoms with Gasteiger partial charge >= 0.3 is 0 Å². The molecule has 1 heteroatoms. The summed E-state index contributed by atoms with van der Waals surface area (Å²) in [4.78, 5) is 0. The van der Waals surface area contributed by atoms with Crippen molar-refractivity contribution in [2.24, 2.45) is 5.92 Å². The van der Waals surface area contributed by atoms with Crippen molar-refractivity contribution < 1.29 is 5.11 Å². The molecular formula is C14H24O. The molecule has 0 fully saturated rings. The fraction of sp³-hybridized carbons (Fsp3) is 0.714. The fourth-order valence-electron chi connectivity index (χ4n) is 2.03. The zero-order chi connectivity index (χ0) is 11.5. The lowest BCUT2D eigenvalue weighted by atomic mass is 9.83. The van der Waals surface area contributed by atoms with Crippen LogP contribution in [0, 0.1) is 5.92 Å². The van der Waals surface area contributed by atoms with Crippen LogP contribution >= 0.6 is 0 Å². The molecule has 0 bridgehead atoms. The maximum atomic E-state index is 9.65. The lowest BCUT2D eigenvalue weighted by molar-refractivity contribution is 0.0710. The zero-order valence-corrected chi connectivity index (χ0v) is 10.3. The summed E-state index contributed by atoms with van der Waals surface area (Å²) in [5, 5.41) is 9.65. The van der Waals surface area contributed by atoms with Gasteiger partial charge in [-0.25, -0.2) is 0 Å². The van der Waals surface area contributed by atoms with E-state index in [9.17, 15) is 5.11 Å². The van der Waals surface area contributed by atoms with E-state index < -0.39 is 5.60 Å². The predicted molar refractivity (Wildman–Crippen MR) is 65.8 cm³/mol. The first-order chi connectivity index (χ1) is 6.88. The van der Waals surface area contributed by atoms with E-state index in [1.165, 1.54) is 24.0 Å². The second kappa shape index (κ2) is 4.98. The molecule has 0 aliphatic heterocycles. The van der Waals surface area contributed by atoms with Gasteiger partial charge in [0.1, 0.15) is 0 Å². The van der Waals surface area contributed by atoms with Crippen LogP contribution in [0.15, 0.2) is 23.8 Å². The molecule has 0 aromatic rings. The lowest BCUT2D eigenvalue weighted by Crippen LogP contribution is -2.18. The van der Waals surface area contributed by atoms with Crippen molar-refractivity contribution in [3.63, 3.8) is 0 Å². The van der Waals surface area contributed by atoms with Crippen LogP contribution in [0.4, 0.5) is 0 Å². The van der Waals surface area contributed by atoms with Crippen molar-refractivity contribution >= 4 is 0 Å². The highest BCUT2D eigenvalue weighted by atomic mass is 16.3. The number of hydrogen-bond acceptors (Lipinski definition) is 1. The van der Waals surface area contributed by atoms with Crippen LogP contribution in [0.1, 0.15) is 52.9 Å². The molecule has 0 aromatic heterocycles.